The lowest BCUT2D eigenvalue weighted by atomic mass is 9.69. The Morgan fingerprint density at radius 3 is 2.50 bits per heavy atom. The van der Waals surface area contributed by atoms with Gasteiger partial charge in [0, 0.05) is 25.7 Å². The van der Waals surface area contributed by atoms with Crippen molar-refractivity contribution in [3.05, 3.63) is 73.7 Å². The smallest absolute Gasteiger partial charge is 0.336 e. The standard InChI is InChI=1S/C25H27N3O4/c1-25(2,3)16-11-14(10-15-13-27(4)24(32)28(5)22(15)29)21-18(12-16)20(23(30)31)17-8-6-7-9-19(17)26-21/h6-10,13,16H,11-12H2,1-5H3,(H,30,31)/b14-10+. The zero-order valence-corrected chi connectivity index (χ0v) is 19.0. The zero-order chi connectivity index (χ0) is 23.4. The van der Waals surface area contributed by atoms with E-state index in [0.717, 1.165) is 10.1 Å². The number of carbonyl (C=O) groups is 1. The van der Waals surface area contributed by atoms with Gasteiger partial charge in [-0.2, -0.15) is 0 Å². The molecule has 1 aliphatic carbocycles. The lowest BCUT2D eigenvalue weighted by molar-refractivity contribution is 0.0696. The normalized spacial score (nSPS) is 17.5. The number of nitrogens with zero attached hydrogens (tertiary/aromatic N) is 3. The Labute approximate surface area is 185 Å². The summed E-state index contributed by atoms with van der Waals surface area (Å²) in [5.41, 5.74) is 2.54. The number of aromatic nitrogens is 3. The third kappa shape index (κ3) is 3.57. The van der Waals surface area contributed by atoms with E-state index in [4.69, 9.17) is 4.98 Å². The number of pyridine rings is 1. The first-order valence-corrected chi connectivity index (χ1v) is 10.6. The Bertz CT molecular complexity index is 1400. The maximum Gasteiger partial charge on any atom is 0.336 e. The van der Waals surface area contributed by atoms with Crippen LogP contribution in [-0.2, 0) is 20.5 Å². The molecule has 0 aliphatic heterocycles. The number of hydrogen-bond donors (Lipinski definition) is 1. The molecule has 1 N–H and O–H groups in total. The molecule has 2 heterocycles. The van der Waals surface area contributed by atoms with E-state index in [1.165, 1.54) is 17.8 Å². The third-order valence-corrected chi connectivity index (χ3v) is 6.46. The molecule has 0 fully saturated rings. The van der Waals surface area contributed by atoms with Crippen LogP contribution in [0, 0.1) is 11.3 Å². The van der Waals surface area contributed by atoms with Crippen LogP contribution in [-0.4, -0.2) is 25.2 Å². The van der Waals surface area contributed by atoms with Crippen LogP contribution in [0.5, 0.6) is 0 Å². The van der Waals surface area contributed by atoms with Crippen LogP contribution < -0.4 is 11.2 Å². The zero-order valence-electron chi connectivity index (χ0n) is 19.0. The molecule has 0 bridgehead atoms. The second kappa shape index (κ2) is 7.58. The van der Waals surface area contributed by atoms with Crippen LogP contribution in [0.4, 0.5) is 0 Å². The number of carboxylic acid groups (broad SMARTS) is 1. The Kier molecular flexibility index (Phi) is 5.15. The minimum atomic E-state index is -0.980. The molecular formula is C25H27N3O4. The van der Waals surface area contributed by atoms with Crippen LogP contribution in [0.3, 0.4) is 0 Å². The summed E-state index contributed by atoms with van der Waals surface area (Å²) in [5, 5.41) is 10.7. The van der Waals surface area contributed by atoms with E-state index >= 15 is 0 Å². The second-order valence-electron chi connectivity index (χ2n) is 9.62. The second-order valence-corrected chi connectivity index (χ2v) is 9.62. The molecule has 0 spiro atoms. The van der Waals surface area contributed by atoms with E-state index in [1.54, 1.807) is 25.3 Å². The van der Waals surface area contributed by atoms with Gasteiger partial charge in [0.25, 0.3) is 5.56 Å². The molecular weight excluding hydrogens is 406 g/mol. The number of hydrogen-bond acceptors (Lipinski definition) is 4. The number of rotatable bonds is 2. The summed E-state index contributed by atoms with van der Waals surface area (Å²) in [6.07, 6.45) is 4.55. The van der Waals surface area contributed by atoms with Gasteiger partial charge in [0.05, 0.1) is 22.3 Å². The van der Waals surface area contributed by atoms with Gasteiger partial charge >= 0.3 is 11.7 Å². The number of aryl methyl sites for hydroxylation is 1. The number of fused-ring (bicyclic) bond motifs is 2. The van der Waals surface area contributed by atoms with Crippen LogP contribution in [0.2, 0.25) is 0 Å². The molecule has 1 aromatic carbocycles. The molecule has 7 heteroatoms. The SMILES string of the molecule is Cn1cc(/C=C2\CC(C(C)(C)C)Cc3c2nc2ccccc2c3C(=O)O)c(=O)n(C)c1=O. The van der Waals surface area contributed by atoms with E-state index in [-0.39, 0.29) is 22.5 Å². The van der Waals surface area contributed by atoms with E-state index in [1.807, 2.05) is 12.1 Å². The van der Waals surface area contributed by atoms with Crippen molar-refractivity contribution in [2.45, 2.75) is 33.6 Å². The average Bonchev–Trinajstić information content (AvgIpc) is 2.73. The fourth-order valence-corrected chi connectivity index (χ4v) is 4.50. The predicted octanol–water partition coefficient (Wildman–Crippen LogP) is 3.48. The number of carboxylic acids is 1. The molecule has 32 heavy (non-hydrogen) atoms. The molecule has 0 amide bonds. The highest BCUT2D eigenvalue weighted by atomic mass is 16.4. The van der Waals surface area contributed by atoms with E-state index in [9.17, 15) is 19.5 Å². The van der Waals surface area contributed by atoms with Crippen LogP contribution >= 0.6 is 0 Å². The predicted molar refractivity (Wildman–Crippen MR) is 125 cm³/mol. The lowest BCUT2D eigenvalue weighted by Crippen LogP contribution is -2.37. The number of allylic oxidation sites excluding steroid dienone is 1. The highest BCUT2D eigenvalue weighted by molar-refractivity contribution is 6.05. The van der Waals surface area contributed by atoms with Crippen LogP contribution in [0.15, 0.2) is 40.1 Å². The summed E-state index contributed by atoms with van der Waals surface area (Å²) in [6, 6.07) is 7.25. The fraction of sp³-hybridized carbons (Fsp3) is 0.360. The average molecular weight is 434 g/mol. The monoisotopic (exact) mass is 433 g/mol. The van der Waals surface area contributed by atoms with E-state index < -0.39 is 11.7 Å². The minimum absolute atomic E-state index is 0.0767. The van der Waals surface area contributed by atoms with Crippen molar-refractivity contribution in [1.29, 1.82) is 0 Å². The summed E-state index contributed by atoms with van der Waals surface area (Å²) >= 11 is 0. The first-order chi connectivity index (χ1) is 15.0. The molecule has 7 nitrogen and oxygen atoms in total. The molecule has 4 rings (SSSR count). The minimum Gasteiger partial charge on any atom is -0.478 e. The van der Waals surface area contributed by atoms with Gasteiger partial charge in [0.2, 0.25) is 0 Å². The molecule has 1 atom stereocenters. The summed E-state index contributed by atoms with van der Waals surface area (Å²) in [6.45, 7) is 6.42. The molecule has 0 radical (unpaired) electrons. The molecule has 1 unspecified atom stereocenters. The van der Waals surface area contributed by atoms with Crippen molar-refractivity contribution in [3.8, 4) is 0 Å². The van der Waals surface area contributed by atoms with Crippen molar-refractivity contribution >= 4 is 28.5 Å². The molecule has 0 saturated heterocycles. The van der Waals surface area contributed by atoms with Crippen molar-refractivity contribution < 1.29 is 9.90 Å². The molecule has 2 aromatic heterocycles. The first-order valence-electron chi connectivity index (χ1n) is 10.6. The van der Waals surface area contributed by atoms with Crippen LogP contribution in [0.1, 0.15) is 54.4 Å². The summed E-state index contributed by atoms with van der Waals surface area (Å²) in [7, 11) is 3.05. The third-order valence-electron chi connectivity index (χ3n) is 6.46. The van der Waals surface area contributed by atoms with E-state index in [0.29, 0.717) is 40.6 Å². The van der Waals surface area contributed by atoms with Gasteiger partial charge in [-0.15, -0.1) is 0 Å². The van der Waals surface area contributed by atoms with Crippen molar-refractivity contribution in [2.24, 2.45) is 25.4 Å². The summed E-state index contributed by atoms with van der Waals surface area (Å²) in [5.74, 6) is -0.814. The van der Waals surface area contributed by atoms with Gasteiger partial charge in [0.1, 0.15) is 0 Å². The largest absolute Gasteiger partial charge is 0.478 e. The Morgan fingerprint density at radius 2 is 1.84 bits per heavy atom. The maximum absolute atomic E-state index is 12.8. The summed E-state index contributed by atoms with van der Waals surface area (Å²) < 4.78 is 2.45. The number of para-hydroxylation sites is 1. The summed E-state index contributed by atoms with van der Waals surface area (Å²) in [4.78, 5) is 42.1. The molecule has 3 aromatic rings. The topological polar surface area (TPSA) is 94.2 Å². The molecule has 1 aliphatic rings. The Hall–Kier alpha value is -3.48. The Morgan fingerprint density at radius 1 is 1.16 bits per heavy atom. The number of aromatic carboxylic acids is 1. The van der Waals surface area contributed by atoms with Gasteiger partial charge in [-0.1, -0.05) is 39.0 Å². The van der Waals surface area contributed by atoms with Gasteiger partial charge in [-0.25, -0.2) is 14.6 Å². The van der Waals surface area contributed by atoms with Crippen molar-refractivity contribution in [3.63, 3.8) is 0 Å². The van der Waals surface area contributed by atoms with E-state index in [2.05, 4.69) is 20.8 Å². The van der Waals surface area contributed by atoms with Gasteiger partial charge < -0.3 is 9.67 Å². The highest BCUT2D eigenvalue weighted by Gasteiger charge is 2.35. The molecule has 166 valence electrons. The van der Waals surface area contributed by atoms with Gasteiger partial charge in [0.15, 0.2) is 0 Å². The molecule has 0 saturated carbocycles. The quantitative estimate of drug-likeness (QED) is 0.668. The van der Waals surface area contributed by atoms with Crippen molar-refractivity contribution in [2.75, 3.05) is 0 Å². The fourth-order valence-electron chi connectivity index (χ4n) is 4.50. The Balaban J connectivity index is 2.06. The first kappa shape index (κ1) is 21.7. The lowest BCUT2D eigenvalue weighted by Gasteiger charge is -2.36. The van der Waals surface area contributed by atoms with Crippen LogP contribution in [0.25, 0.3) is 22.6 Å². The maximum atomic E-state index is 12.8. The van der Waals surface area contributed by atoms with Crippen molar-refractivity contribution in [1.82, 2.24) is 14.1 Å². The van der Waals surface area contributed by atoms with Gasteiger partial charge in [-0.3, -0.25) is 9.36 Å². The number of benzene rings is 1. The highest BCUT2D eigenvalue weighted by Crippen LogP contribution is 2.44. The van der Waals surface area contributed by atoms with Gasteiger partial charge in [-0.05, 0) is 47.5 Å².